The topological polar surface area (TPSA) is 35.5 Å². The predicted molar refractivity (Wildman–Crippen MR) is 78.7 cm³/mol. The van der Waals surface area contributed by atoms with Gasteiger partial charge in [0.05, 0.1) is 6.04 Å². The van der Waals surface area contributed by atoms with Crippen molar-refractivity contribution < 1.29 is 5.11 Å². The van der Waals surface area contributed by atoms with Gasteiger partial charge in [-0.05, 0) is 17.5 Å². The van der Waals surface area contributed by atoms with Gasteiger partial charge in [0.2, 0.25) is 0 Å². The Kier molecular flexibility index (Phi) is 3.82. The molecule has 0 bridgehead atoms. The number of benzene rings is 1. The van der Waals surface area contributed by atoms with Crippen LogP contribution in [-0.4, -0.2) is 36.2 Å². The molecule has 0 radical (unpaired) electrons. The van der Waals surface area contributed by atoms with Crippen molar-refractivity contribution in [2.24, 2.45) is 0 Å². The lowest BCUT2D eigenvalue weighted by molar-refractivity contribution is 0.198. The van der Waals surface area contributed by atoms with Gasteiger partial charge in [-0.2, -0.15) is 0 Å². The van der Waals surface area contributed by atoms with Gasteiger partial charge in [-0.3, -0.25) is 4.90 Å². The number of para-hydroxylation sites is 1. The first-order valence-corrected chi connectivity index (χ1v) is 7.50. The molecule has 1 atom stereocenters. The summed E-state index contributed by atoms with van der Waals surface area (Å²) in [7, 11) is 0. The van der Waals surface area contributed by atoms with E-state index < -0.39 is 0 Å². The van der Waals surface area contributed by atoms with Crippen LogP contribution >= 0.6 is 11.3 Å². The summed E-state index contributed by atoms with van der Waals surface area (Å²) in [4.78, 5) is 3.74. The molecule has 0 unspecified atom stereocenters. The molecular weight excluding hydrogens is 256 g/mol. The summed E-state index contributed by atoms with van der Waals surface area (Å²) >= 11 is 1.76. The number of hydrogen-bond acceptors (Lipinski definition) is 4. The molecule has 0 amide bonds. The van der Waals surface area contributed by atoms with Crippen LogP contribution in [0.15, 0.2) is 41.8 Å². The smallest absolute Gasteiger partial charge is 0.120 e. The Bertz CT molecular complexity index is 521. The van der Waals surface area contributed by atoms with Gasteiger partial charge in [0.25, 0.3) is 0 Å². The molecule has 1 aromatic carbocycles. The number of hydrogen-bond donors (Lipinski definition) is 2. The number of aromatic hydroxyl groups is 1. The molecule has 0 aliphatic carbocycles. The zero-order chi connectivity index (χ0) is 13.1. The summed E-state index contributed by atoms with van der Waals surface area (Å²) in [6.07, 6.45) is 0. The standard InChI is InChI=1S/C15H18N2OS/c18-13-5-2-1-4-12(13)15(14-6-3-11-19-14)17-9-7-16-8-10-17/h1-6,11,15-16,18H,7-10H2/t15-/m1/s1. The van der Waals surface area contributed by atoms with E-state index in [4.69, 9.17) is 0 Å². The third kappa shape index (κ3) is 2.66. The van der Waals surface area contributed by atoms with Gasteiger partial charge in [-0.15, -0.1) is 11.3 Å². The number of phenolic OH excluding ortho intramolecular Hbond substituents is 1. The summed E-state index contributed by atoms with van der Waals surface area (Å²) in [5, 5.41) is 15.7. The largest absolute Gasteiger partial charge is 0.508 e. The van der Waals surface area contributed by atoms with Gasteiger partial charge in [-0.1, -0.05) is 24.3 Å². The van der Waals surface area contributed by atoms with E-state index in [1.54, 1.807) is 17.4 Å². The first-order chi connectivity index (χ1) is 9.36. The summed E-state index contributed by atoms with van der Waals surface area (Å²) in [6, 6.07) is 12.1. The van der Waals surface area contributed by atoms with E-state index in [2.05, 4.69) is 27.7 Å². The fraction of sp³-hybridized carbons (Fsp3) is 0.333. The van der Waals surface area contributed by atoms with E-state index >= 15 is 0 Å². The second kappa shape index (κ2) is 5.74. The zero-order valence-corrected chi connectivity index (χ0v) is 11.6. The number of rotatable bonds is 3. The van der Waals surface area contributed by atoms with Crippen LogP contribution in [0, 0.1) is 0 Å². The van der Waals surface area contributed by atoms with Crippen LogP contribution in [0.5, 0.6) is 5.75 Å². The first-order valence-electron chi connectivity index (χ1n) is 6.62. The molecule has 1 saturated heterocycles. The zero-order valence-electron chi connectivity index (χ0n) is 10.7. The monoisotopic (exact) mass is 274 g/mol. The average Bonchev–Trinajstić information content (AvgIpc) is 2.96. The fourth-order valence-electron chi connectivity index (χ4n) is 2.64. The van der Waals surface area contributed by atoms with E-state index in [0.29, 0.717) is 5.75 Å². The van der Waals surface area contributed by atoms with Crippen LogP contribution in [-0.2, 0) is 0 Å². The summed E-state index contributed by atoms with van der Waals surface area (Å²) < 4.78 is 0. The Hall–Kier alpha value is -1.36. The van der Waals surface area contributed by atoms with Crippen LogP contribution < -0.4 is 5.32 Å². The maximum absolute atomic E-state index is 10.2. The minimum atomic E-state index is 0.170. The molecule has 0 spiro atoms. The number of nitrogens with one attached hydrogen (secondary N) is 1. The summed E-state index contributed by atoms with van der Waals surface area (Å²) in [5.74, 6) is 0.388. The van der Waals surface area contributed by atoms with Gasteiger partial charge in [0.15, 0.2) is 0 Å². The molecule has 3 nitrogen and oxygen atoms in total. The van der Waals surface area contributed by atoms with Gasteiger partial charge >= 0.3 is 0 Å². The van der Waals surface area contributed by atoms with Crippen molar-refractivity contribution in [1.29, 1.82) is 0 Å². The van der Waals surface area contributed by atoms with Crippen molar-refractivity contribution in [3.05, 3.63) is 52.2 Å². The van der Waals surface area contributed by atoms with Crippen molar-refractivity contribution in [3.8, 4) is 5.75 Å². The van der Waals surface area contributed by atoms with Crippen LogP contribution in [0.1, 0.15) is 16.5 Å². The minimum absolute atomic E-state index is 0.170. The lowest BCUT2D eigenvalue weighted by atomic mass is 10.0. The highest BCUT2D eigenvalue weighted by atomic mass is 32.1. The molecular formula is C15H18N2OS. The molecule has 1 aliphatic rings. The maximum Gasteiger partial charge on any atom is 0.120 e. The summed E-state index contributed by atoms with van der Waals surface area (Å²) in [5.41, 5.74) is 1.01. The average molecular weight is 274 g/mol. The minimum Gasteiger partial charge on any atom is -0.508 e. The Balaban J connectivity index is 1.99. The van der Waals surface area contributed by atoms with Crippen LogP contribution in [0.4, 0.5) is 0 Å². The fourth-order valence-corrected chi connectivity index (χ4v) is 3.51. The summed E-state index contributed by atoms with van der Waals surface area (Å²) in [6.45, 7) is 4.04. The van der Waals surface area contributed by atoms with Crippen LogP contribution in [0.2, 0.25) is 0 Å². The number of piperazine rings is 1. The Morgan fingerprint density at radius 2 is 1.89 bits per heavy atom. The highest BCUT2D eigenvalue weighted by molar-refractivity contribution is 7.10. The molecule has 4 heteroatoms. The molecule has 2 aromatic rings. The Morgan fingerprint density at radius 1 is 1.11 bits per heavy atom. The van der Waals surface area contributed by atoms with Gasteiger partial charge in [0.1, 0.15) is 5.75 Å². The van der Waals surface area contributed by atoms with E-state index in [-0.39, 0.29) is 6.04 Å². The van der Waals surface area contributed by atoms with Crippen molar-refractivity contribution in [3.63, 3.8) is 0 Å². The van der Waals surface area contributed by atoms with E-state index in [0.717, 1.165) is 31.7 Å². The Morgan fingerprint density at radius 3 is 2.58 bits per heavy atom. The lowest BCUT2D eigenvalue weighted by Crippen LogP contribution is -2.45. The second-order valence-electron chi connectivity index (χ2n) is 4.76. The quantitative estimate of drug-likeness (QED) is 0.902. The van der Waals surface area contributed by atoms with Crippen molar-refractivity contribution in [2.75, 3.05) is 26.2 Å². The predicted octanol–water partition coefficient (Wildman–Crippen LogP) is 2.45. The number of phenols is 1. The van der Waals surface area contributed by atoms with Crippen molar-refractivity contribution in [2.45, 2.75) is 6.04 Å². The van der Waals surface area contributed by atoms with Crippen LogP contribution in [0.3, 0.4) is 0 Å². The van der Waals surface area contributed by atoms with Gasteiger partial charge in [0, 0.05) is 36.6 Å². The highest BCUT2D eigenvalue weighted by Crippen LogP contribution is 2.36. The lowest BCUT2D eigenvalue weighted by Gasteiger charge is -2.35. The molecule has 2 N–H and O–H groups in total. The first kappa shape index (κ1) is 12.7. The van der Waals surface area contributed by atoms with E-state index in [1.807, 2.05) is 18.2 Å². The molecule has 100 valence electrons. The molecule has 3 rings (SSSR count). The molecule has 19 heavy (non-hydrogen) atoms. The van der Waals surface area contributed by atoms with Crippen molar-refractivity contribution in [1.82, 2.24) is 10.2 Å². The molecule has 1 fully saturated rings. The SMILES string of the molecule is Oc1ccccc1[C@H](c1cccs1)N1CCNCC1. The van der Waals surface area contributed by atoms with Gasteiger partial charge < -0.3 is 10.4 Å². The van der Waals surface area contributed by atoms with Crippen molar-refractivity contribution >= 4 is 11.3 Å². The Labute approximate surface area is 117 Å². The normalized spacial score (nSPS) is 18.3. The number of thiophene rings is 1. The van der Waals surface area contributed by atoms with E-state index in [1.165, 1.54) is 4.88 Å². The molecule has 1 aliphatic heterocycles. The molecule has 1 aromatic heterocycles. The van der Waals surface area contributed by atoms with E-state index in [9.17, 15) is 5.11 Å². The third-order valence-corrected chi connectivity index (χ3v) is 4.49. The van der Waals surface area contributed by atoms with Crippen LogP contribution in [0.25, 0.3) is 0 Å². The molecule has 2 heterocycles. The van der Waals surface area contributed by atoms with Gasteiger partial charge in [-0.25, -0.2) is 0 Å². The highest BCUT2D eigenvalue weighted by Gasteiger charge is 2.26. The maximum atomic E-state index is 10.2. The third-order valence-electron chi connectivity index (χ3n) is 3.56. The molecule has 0 saturated carbocycles. The number of nitrogens with zero attached hydrogens (tertiary/aromatic N) is 1. The second-order valence-corrected chi connectivity index (χ2v) is 5.74.